The Kier molecular flexibility index (Phi) is 4.79. The maximum Gasteiger partial charge on any atom is 0.181 e. The largest absolute Gasteiger partial charge is 0.593 e. The van der Waals surface area contributed by atoms with E-state index < -0.39 is 11.4 Å². The first-order valence-corrected chi connectivity index (χ1v) is 10.7. The quantitative estimate of drug-likeness (QED) is 0.505. The number of halogens is 1. The third-order valence-corrected chi connectivity index (χ3v) is 6.76. The van der Waals surface area contributed by atoms with Crippen molar-refractivity contribution in [3.63, 3.8) is 0 Å². The van der Waals surface area contributed by atoms with Crippen LogP contribution in [-0.2, 0) is 11.4 Å². The molecule has 5 rings (SSSR count). The summed E-state index contributed by atoms with van der Waals surface area (Å²) in [5.41, 5.74) is 3.72. The molecule has 0 saturated carbocycles. The minimum absolute atomic E-state index is 0.381. The van der Waals surface area contributed by atoms with E-state index in [0.717, 1.165) is 36.4 Å². The van der Waals surface area contributed by atoms with Crippen LogP contribution in [0.3, 0.4) is 0 Å². The van der Waals surface area contributed by atoms with Gasteiger partial charge in [-0.3, -0.25) is 0 Å². The van der Waals surface area contributed by atoms with Gasteiger partial charge in [-0.1, -0.05) is 18.2 Å². The van der Waals surface area contributed by atoms with Crippen molar-refractivity contribution in [2.45, 2.75) is 17.7 Å². The number of hydrogen-bond donors (Lipinski definition) is 1. The summed E-state index contributed by atoms with van der Waals surface area (Å²) in [7, 11) is 0. The van der Waals surface area contributed by atoms with Gasteiger partial charge in [0, 0.05) is 30.4 Å². The fourth-order valence-electron chi connectivity index (χ4n) is 3.70. The molecule has 0 radical (unpaired) electrons. The lowest BCUT2D eigenvalue weighted by Gasteiger charge is -2.21. The van der Waals surface area contributed by atoms with Crippen LogP contribution < -0.4 is 0 Å². The summed E-state index contributed by atoms with van der Waals surface area (Å²) in [4.78, 5) is 12.5. The molecule has 2 aromatic carbocycles. The highest BCUT2D eigenvalue weighted by molar-refractivity contribution is 7.89. The Morgan fingerprint density at radius 2 is 1.86 bits per heavy atom. The maximum atomic E-state index is 15.0. The number of aromatic amines is 1. The van der Waals surface area contributed by atoms with Gasteiger partial charge in [-0.25, -0.2) is 14.4 Å². The molecule has 146 valence electrons. The molecule has 7 heteroatoms. The van der Waals surface area contributed by atoms with Crippen LogP contribution in [0, 0.1) is 5.82 Å². The second kappa shape index (κ2) is 7.59. The smallest absolute Gasteiger partial charge is 0.181 e. The summed E-state index contributed by atoms with van der Waals surface area (Å²) >= 11 is -1.24. The van der Waals surface area contributed by atoms with E-state index in [-0.39, 0.29) is 5.82 Å². The van der Waals surface area contributed by atoms with E-state index in [1.54, 1.807) is 18.5 Å². The van der Waals surface area contributed by atoms with Crippen molar-refractivity contribution in [3.8, 4) is 22.4 Å². The first-order valence-electron chi connectivity index (χ1n) is 9.57. The van der Waals surface area contributed by atoms with Gasteiger partial charge in [0.25, 0.3) is 0 Å². The summed E-state index contributed by atoms with van der Waals surface area (Å²) in [5, 5.41) is 0. The van der Waals surface area contributed by atoms with Crippen LogP contribution in [0.1, 0.15) is 12.8 Å². The molecule has 0 bridgehead atoms. The van der Waals surface area contributed by atoms with Gasteiger partial charge < -0.3 is 9.54 Å². The van der Waals surface area contributed by atoms with Crippen LogP contribution >= 0.6 is 0 Å². The van der Waals surface area contributed by atoms with Gasteiger partial charge >= 0.3 is 0 Å². The normalized spacial score (nSPS) is 15.8. The zero-order valence-corrected chi connectivity index (χ0v) is 16.5. The second-order valence-electron chi connectivity index (χ2n) is 7.04. The van der Waals surface area contributed by atoms with Crippen molar-refractivity contribution in [2.24, 2.45) is 0 Å². The summed E-state index contributed by atoms with van der Waals surface area (Å²) in [6.45, 7) is 1.66. The van der Waals surface area contributed by atoms with E-state index in [1.165, 1.54) is 6.07 Å². The van der Waals surface area contributed by atoms with Gasteiger partial charge in [0.05, 0.1) is 23.3 Å². The molecule has 0 spiro atoms. The van der Waals surface area contributed by atoms with Crippen LogP contribution in [0.4, 0.5) is 4.39 Å². The Hall–Kier alpha value is -2.74. The highest BCUT2D eigenvalue weighted by atomic mass is 32.2. The molecule has 1 N–H and O–H groups in total. The molecule has 3 heterocycles. The first-order chi connectivity index (χ1) is 14.2. The number of fused-ring (bicyclic) bond motifs is 1. The van der Waals surface area contributed by atoms with Gasteiger partial charge in [0.1, 0.15) is 11.3 Å². The van der Waals surface area contributed by atoms with Crippen molar-refractivity contribution in [2.75, 3.05) is 13.1 Å². The van der Waals surface area contributed by atoms with Crippen molar-refractivity contribution < 1.29 is 8.94 Å². The fourth-order valence-corrected chi connectivity index (χ4v) is 5.14. The molecule has 2 aromatic heterocycles. The average Bonchev–Trinajstić information content (AvgIpc) is 3.44. The minimum atomic E-state index is -1.24. The van der Waals surface area contributed by atoms with Crippen LogP contribution in [0.2, 0.25) is 0 Å². The molecule has 1 aliphatic heterocycles. The molecule has 1 atom stereocenters. The number of rotatable bonds is 4. The SMILES string of the molecule is [O-][S+](c1ccccc1-c1ccc(-c2cnc3[nH]ccc3n2)c(F)c1)N1CCCC1. The molecule has 5 nitrogen and oxygen atoms in total. The third kappa shape index (κ3) is 3.42. The van der Waals surface area contributed by atoms with Crippen LogP contribution in [0.15, 0.2) is 65.8 Å². The highest BCUT2D eigenvalue weighted by Gasteiger charge is 2.28. The average molecular weight is 406 g/mol. The fraction of sp³-hybridized carbons (Fsp3) is 0.182. The first kappa shape index (κ1) is 18.3. The summed E-state index contributed by atoms with van der Waals surface area (Å²) in [5.74, 6) is -0.381. The molecule has 1 fully saturated rings. The Morgan fingerprint density at radius 3 is 2.69 bits per heavy atom. The van der Waals surface area contributed by atoms with E-state index in [1.807, 2.05) is 40.7 Å². The number of nitrogens with one attached hydrogen (secondary N) is 1. The second-order valence-corrected chi connectivity index (χ2v) is 8.50. The number of H-pyrrole nitrogens is 1. The molecule has 29 heavy (non-hydrogen) atoms. The predicted octanol–water partition coefficient (Wildman–Crippen LogP) is 4.55. The van der Waals surface area contributed by atoms with Crippen LogP contribution in [0.25, 0.3) is 33.5 Å². The number of aromatic nitrogens is 3. The van der Waals surface area contributed by atoms with Crippen molar-refractivity contribution >= 4 is 22.5 Å². The van der Waals surface area contributed by atoms with E-state index in [9.17, 15) is 4.55 Å². The molecule has 0 aliphatic carbocycles. The lowest BCUT2D eigenvalue weighted by molar-refractivity contribution is 0.477. The monoisotopic (exact) mass is 406 g/mol. The van der Waals surface area contributed by atoms with Crippen molar-refractivity contribution in [1.82, 2.24) is 19.3 Å². The zero-order chi connectivity index (χ0) is 19.8. The van der Waals surface area contributed by atoms with E-state index in [0.29, 0.717) is 28.0 Å². The molecule has 1 unspecified atom stereocenters. The number of benzene rings is 2. The van der Waals surface area contributed by atoms with E-state index in [4.69, 9.17) is 0 Å². The Balaban J connectivity index is 1.52. The topological polar surface area (TPSA) is 67.9 Å². The Morgan fingerprint density at radius 1 is 1.03 bits per heavy atom. The third-order valence-electron chi connectivity index (χ3n) is 5.19. The highest BCUT2D eigenvalue weighted by Crippen LogP contribution is 2.33. The van der Waals surface area contributed by atoms with Gasteiger partial charge in [0.15, 0.2) is 10.5 Å². The van der Waals surface area contributed by atoms with Crippen molar-refractivity contribution in [1.29, 1.82) is 0 Å². The van der Waals surface area contributed by atoms with Crippen LogP contribution in [0.5, 0.6) is 0 Å². The van der Waals surface area contributed by atoms with Gasteiger partial charge in [-0.2, -0.15) is 0 Å². The van der Waals surface area contributed by atoms with Gasteiger partial charge in [-0.15, -0.1) is 4.31 Å². The Bertz CT molecular complexity index is 1170. The van der Waals surface area contributed by atoms with E-state index >= 15 is 4.39 Å². The maximum absolute atomic E-state index is 15.0. The lowest BCUT2D eigenvalue weighted by atomic mass is 10.0. The van der Waals surface area contributed by atoms with Gasteiger partial charge in [0.2, 0.25) is 0 Å². The molecule has 1 aliphatic rings. The molecular weight excluding hydrogens is 387 g/mol. The molecule has 0 amide bonds. The standard InChI is InChI=1S/C22H19FN4OS/c23-18-13-15(7-8-17(18)20-14-25-22-19(26-20)9-10-24-22)16-5-1-2-6-21(16)29(28)27-11-3-4-12-27/h1-2,5-10,13-14H,3-4,11-12H2,(H,24,25). The zero-order valence-electron chi connectivity index (χ0n) is 15.6. The lowest BCUT2D eigenvalue weighted by Crippen LogP contribution is -2.28. The minimum Gasteiger partial charge on any atom is -0.593 e. The Labute approximate surface area is 170 Å². The summed E-state index contributed by atoms with van der Waals surface area (Å²) in [6, 6.07) is 14.4. The number of nitrogens with zero attached hydrogens (tertiary/aromatic N) is 3. The van der Waals surface area contributed by atoms with Crippen molar-refractivity contribution in [3.05, 3.63) is 66.7 Å². The summed E-state index contributed by atoms with van der Waals surface area (Å²) in [6.07, 6.45) is 5.44. The number of hydrogen-bond acceptors (Lipinski definition) is 4. The molecular formula is C22H19FN4OS. The molecule has 4 aromatic rings. The molecule has 1 saturated heterocycles. The predicted molar refractivity (Wildman–Crippen MR) is 112 cm³/mol. The van der Waals surface area contributed by atoms with Gasteiger partial charge in [-0.05, 0) is 48.7 Å². The van der Waals surface area contributed by atoms with Crippen LogP contribution in [-0.4, -0.2) is 36.9 Å². The summed E-state index contributed by atoms with van der Waals surface area (Å²) < 4.78 is 30.0. The van der Waals surface area contributed by atoms with E-state index in [2.05, 4.69) is 15.0 Å².